The Labute approximate surface area is 159 Å². The minimum absolute atomic E-state index is 0.0703. The van der Waals surface area contributed by atoms with E-state index in [-0.39, 0.29) is 6.61 Å². The summed E-state index contributed by atoms with van der Waals surface area (Å²) in [6.07, 6.45) is 0. The summed E-state index contributed by atoms with van der Waals surface area (Å²) < 4.78 is 2.01. The molecule has 0 spiro atoms. The molecule has 5 heteroatoms. The molecule has 0 aliphatic rings. The fourth-order valence-electron chi connectivity index (χ4n) is 3.10. The number of nitrogens with one attached hydrogen (secondary N) is 1. The number of hydrogen-bond acceptors (Lipinski definition) is 3. The first kappa shape index (κ1) is 18.6. The first-order valence-corrected chi connectivity index (χ1v) is 9.12. The van der Waals surface area contributed by atoms with Gasteiger partial charge < -0.3 is 10.4 Å². The van der Waals surface area contributed by atoms with Gasteiger partial charge in [0.15, 0.2) is 0 Å². The van der Waals surface area contributed by atoms with Gasteiger partial charge in [-0.05, 0) is 36.6 Å². The van der Waals surface area contributed by atoms with Crippen molar-refractivity contribution in [3.05, 3.63) is 87.2 Å². The Morgan fingerprint density at radius 2 is 1.81 bits per heavy atom. The lowest BCUT2D eigenvalue weighted by Crippen LogP contribution is -2.14. The molecule has 0 saturated heterocycles. The van der Waals surface area contributed by atoms with E-state index in [1.165, 1.54) is 5.56 Å². The monoisotopic (exact) mass is 369 g/mol. The lowest BCUT2D eigenvalue weighted by Gasteiger charge is -2.09. The Kier molecular flexibility index (Phi) is 6.09. The number of aryl methyl sites for hydroxylation is 1. The summed E-state index contributed by atoms with van der Waals surface area (Å²) in [6, 6.07) is 15.9. The zero-order valence-electron chi connectivity index (χ0n) is 15.2. The third-order valence-electron chi connectivity index (χ3n) is 4.61. The van der Waals surface area contributed by atoms with Crippen molar-refractivity contribution in [3.63, 3.8) is 0 Å². The van der Waals surface area contributed by atoms with Crippen molar-refractivity contribution in [2.75, 3.05) is 0 Å². The van der Waals surface area contributed by atoms with Crippen LogP contribution in [0.25, 0.3) is 0 Å². The topological polar surface area (TPSA) is 50.1 Å². The standard InChI is InChI=1S/C21H24ClN3O/c1-15-20(12-23-11-17-6-5-7-18(10-17)14-26)16(2)25(24-15)13-19-8-3-4-9-21(19)22/h3-10,23,26H,11-14H2,1-2H3. The molecule has 4 nitrogen and oxygen atoms in total. The molecule has 0 bridgehead atoms. The van der Waals surface area contributed by atoms with Gasteiger partial charge in [0.1, 0.15) is 0 Å². The van der Waals surface area contributed by atoms with Crippen molar-refractivity contribution in [3.8, 4) is 0 Å². The Balaban J connectivity index is 1.67. The second-order valence-electron chi connectivity index (χ2n) is 6.48. The molecule has 0 aliphatic heterocycles. The van der Waals surface area contributed by atoms with Crippen LogP contribution in [0.5, 0.6) is 0 Å². The van der Waals surface area contributed by atoms with Gasteiger partial charge in [0.05, 0.1) is 18.8 Å². The summed E-state index contributed by atoms with van der Waals surface area (Å²) >= 11 is 6.28. The maximum absolute atomic E-state index is 9.24. The van der Waals surface area contributed by atoms with E-state index in [1.807, 2.05) is 54.1 Å². The van der Waals surface area contributed by atoms with Crippen molar-refractivity contribution in [1.29, 1.82) is 0 Å². The molecule has 0 unspecified atom stereocenters. The summed E-state index contributed by atoms with van der Waals surface area (Å²) in [5.74, 6) is 0. The number of rotatable bonds is 7. The molecule has 3 rings (SSSR count). The molecule has 26 heavy (non-hydrogen) atoms. The number of halogens is 1. The average molecular weight is 370 g/mol. The molecule has 1 aromatic heterocycles. The largest absolute Gasteiger partial charge is 0.392 e. The number of nitrogens with zero attached hydrogens (tertiary/aromatic N) is 2. The molecule has 0 atom stereocenters. The van der Waals surface area contributed by atoms with E-state index in [9.17, 15) is 5.11 Å². The van der Waals surface area contributed by atoms with Gasteiger partial charge >= 0.3 is 0 Å². The Hall–Kier alpha value is -2.14. The third kappa shape index (κ3) is 4.33. The quantitative estimate of drug-likeness (QED) is 0.662. The number of benzene rings is 2. The fraction of sp³-hybridized carbons (Fsp3) is 0.286. The van der Waals surface area contributed by atoms with E-state index in [4.69, 9.17) is 11.6 Å². The van der Waals surface area contributed by atoms with Crippen molar-refractivity contribution in [1.82, 2.24) is 15.1 Å². The SMILES string of the molecule is Cc1nn(Cc2ccccc2Cl)c(C)c1CNCc1cccc(CO)c1. The maximum Gasteiger partial charge on any atom is 0.0681 e. The van der Waals surface area contributed by atoms with Crippen LogP contribution < -0.4 is 5.32 Å². The second kappa shape index (κ2) is 8.49. The van der Waals surface area contributed by atoms with Crippen molar-refractivity contribution >= 4 is 11.6 Å². The lowest BCUT2D eigenvalue weighted by molar-refractivity contribution is 0.281. The molecule has 0 saturated carbocycles. The van der Waals surface area contributed by atoms with Crippen LogP contribution in [0.15, 0.2) is 48.5 Å². The summed E-state index contributed by atoms with van der Waals surface area (Å²) in [5, 5.41) is 18.2. The highest BCUT2D eigenvalue weighted by atomic mass is 35.5. The van der Waals surface area contributed by atoms with Gasteiger partial charge in [-0.15, -0.1) is 0 Å². The van der Waals surface area contributed by atoms with E-state index >= 15 is 0 Å². The van der Waals surface area contributed by atoms with Crippen molar-refractivity contribution in [2.24, 2.45) is 0 Å². The predicted octanol–water partition coefficient (Wildman–Crippen LogP) is 3.98. The average Bonchev–Trinajstić information content (AvgIpc) is 2.91. The van der Waals surface area contributed by atoms with E-state index in [1.54, 1.807) is 0 Å². The number of aromatic nitrogens is 2. The van der Waals surface area contributed by atoms with Crippen LogP contribution in [-0.4, -0.2) is 14.9 Å². The molecule has 0 aliphatic carbocycles. The summed E-state index contributed by atoms with van der Waals surface area (Å²) in [7, 11) is 0. The predicted molar refractivity (Wildman–Crippen MR) is 105 cm³/mol. The first-order valence-electron chi connectivity index (χ1n) is 8.74. The highest BCUT2D eigenvalue weighted by molar-refractivity contribution is 6.31. The van der Waals surface area contributed by atoms with E-state index in [0.29, 0.717) is 6.54 Å². The highest BCUT2D eigenvalue weighted by Crippen LogP contribution is 2.19. The molecular formula is C21H24ClN3O. The first-order chi connectivity index (χ1) is 12.6. The van der Waals surface area contributed by atoms with Gasteiger partial charge in [-0.1, -0.05) is 54.1 Å². The Morgan fingerprint density at radius 3 is 2.58 bits per heavy atom. The Bertz CT molecular complexity index is 889. The third-order valence-corrected chi connectivity index (χ3v) is 4.98. The summed E-state index contributed by atoms with van der Waals surface area (Å²) in [5.41, 5.74) is 6.57. The zero-order valence-corrected chi connectivity index (χ0v) is 15.9. The van der Waals surface area contributed by atoms with Crippen LogP contribution in [-0.2, 0) is 26.2 Å². The molecule has 0 amide bonds. The second-order valence-corrected chi connectivity index (χ2v) is 6.89. The molecule has 2 aromatic carbocycles. The number of aliphatic hydroxyl groups is 1. The summed E-state index contributed by atoms with van der Waals surface area (Å²) in [4.78, 5) is 0. The highest BCUT2D eigenvalue weighted by Gasteiger charge is 2.12. The van der Waals surface area contributed by atoms with Crippen LogP contribution in [0, 0.1) is 13.8 Å². The minimum atomic E-state index is 0.0703. The molecule has 1 heterocycles. The normalized spacial score (nSPS) is 11.1. The van der Waals surface area contributed by atoms with Crippen LogP contribution in [0.3, 0.4) is 0 Å². The summed E-state index contributed by atoms with van der Waals surface area (Å²) in [6.45, 7) is 6.39. The van der Waals surface area contributed by atoms with Gasteiger partial charge in [-0.25, -0.2) is 0 Å². The van der Waals surface area contributed by atoms with E-state index in [2.05, 4.69) is 23.4 Å². The molecule has 0 radical (unpaired) electrons. The van der Waals surface area contributed by atoms with Crippen LogP contribution in [0.4, 0.5) is 0 Å². The van der Waals surface area contributed by atoms with Gasteiger partial charge in [-0.2, -0.15) is 5.10 Å². The minimum Gasteiger partial charge on any atom is -0.392 e. The van der Waals surface area contributed by atoms with Crippen LogP contribution in [0.2, 0.25) is 5.02 Å². The van der Waals surface area contributed by atoms with Gasteiger partial charge in [0.25, 0.3) is 0 Å². The van der Waals surface area contributed by atoms with Gasteiger partial charge in [0, 0.05) is 29.4 Å². The molecule has 3 aromatic rings. The van der Waals surface area contributed by atoms with Crippen LogP contribution in [0.1, 0.15) is 33.6 Å². The maximum atomic E-state index is 9.24. The van der Waals surface area contributed by atoms with E-state index in [0.717, 1.165) is 46.2 Å². The Morgan fingerprint density at radius 1 is 1.04 bits per heavy atom. The van der Waals surface area contributed by atoms with Gasteiger partial charge in [-0.3, -0.25) is 4.68 Å². The van der Waals surface area contributed by atoms with Crippen molar-refractivity contribution in [2.45, 2.75) is 40.1 Å². The number of hydrogen-bond donors (Lipinski definition) is 2. The molecular weight excluding hydrogens is 346 g/mol. The van der Waals surface area contributed by atoms with Crippen LogP contribution >= 0.6 is 11.6 Å². The lowest BCUT2D eigenvalue weighted by atomic mass is 10.1. The smallest absolute Gasteiger partial charge is 0.0681 e. The fourth-order valence-corrected chi connectivity index (χ4v) is 3.30. The zero-order chi connectivity index (χ0) is 18.5. The van der Waals surface area contributed by atoms with Gasteiger partial charge in [0.2, 0.25) is 0 Å². The van der Waals surface area contributed by atoms with Crippen molar-refractivity contribution < 1.29 is 5.11 Å². The molecule has 0 fully saturated rings. The van der Waals surface area contributed by atoms with E-state index < -0.39 is 0 Å². The number of aliphatic hydroxyl groups excluding tert-OH is 1. The molecule has 2 N–H and O–H groups in total. The molecule has 136 valence electrons.